The van der Waals surface area contributed by atoms with E-state index in [4.69, 9.17) is 4.74 Å². The van der Waals surface area contributed by atoms with Gasteiger partial charge in [-0.15, -0.1) is 0 Å². The Hall–Kier alpha value is -1.49. The summed E-state index contributed by atoms with van der Waals surface area (Å²) in [6, 6.07) is 7.68. The van der Waals surface area contributed by atoms with E-state index in [-0.39, 0.29) is 30.3 Å². The van der Waals surface area contributed by atoms with Gasteiger partial charge in [0.05, 0.1) is 18.8 Å². The summed E-state index contributed by atoms with van der Waals surface area (Å²) in [5.74, 6) is -0.179. The molecule has 20 heavy (non-hydrogen) atoms. The molecule has 1 unspecified atom stereocenters. The predicted molar refractivity (Wildman–Crippen MR) is 78.8 cm³/mol. The molecule has 0 amide bonds. The Labute approximate surface area is 122 Å². The van der Waals surface area contributed by atoms with Gasteiger partial charge in [0.2, 0.25) is 0 Å². The van der Waals surface area contributed by atoms with Crippen LogP contribution >= 0.6 is 0 Å². The molecule has 0 N–H and O–H groups in total. The van der Waals surface area contributed by atoms with Crippen molar-refractivity contribution in [2.45, 2.75) is 32.4 Å². The van der Waals surface area contributed by atoms with Gasteiger partial charge in [0.25, 0.3) is 0 Å². The molecule has 0 aliphatic carbocycles. The van der Waals surface area contributed by atoms with Crippen molar-refractivity contribution < 1.29 is 18.5 Å². The Morgan fingerprint density at radius 2 is 1.90 bits per heavy atom. The smallest absolute Gasteiger partial charge is 0.306 e. The van der Waals surface area contributed by atoms with Crippen LogP contribution in [-0.4, -0.2) is 28.3 Å². The van der Waals surface area contributed by atoms with Gasteiger partial charge in [-0.3, -0.25) is 13.8 Å². The molecule has 110 valence electrons. The fourth-order valence-corrected chi connectivity index (χ4v) is 3.00. The number of rotatable bonds is 8. The van der Waals surface area contributed by atoms with Crippen LogP contribution in [0.4, 0.5) is 0 Å². The highest BCUT2D eigenvalue weighted by molar-refractivity contribution is 7.84. The van der Waals surface area contributed by atoms with Crippen LogP contribution in [0.1, 0.15) is 30.9 Å². The zero-order valence-corrected chi connectivity index (χ0v) is 12.7. The Kier molecular flexibility index (Phi) is 7.15. The van der Waals surface area contributed by atoms with Gasteiger partial charge in [0, 0.05) is 23.0 Å². The van der Waals surface area contributed by atoms with E-state index in [1.165, 1.54) is 0 Å². The first-order valence-electron chi connectivity index (χ1n) is 6.59. The molecule has 1 rings (SSSR count). The van der Waals surface area contributed by atoms with E-state index in [0.717, 1.165) is 11.1 Å². The van der Waals surface area contributed by atoms with Crippen molar-refractivity contribution in [1.82, 2.24) is 0 Å². The van der Waals surface area contributed by atoms with Crippen LogP contribution in [-0.2, 0) is 30.9 Å². The summed E-state index contributed by atoms with van der Waals surface area (Å²) < 4.78 is 16.7. The van der Waals surface area contributed by atoms with E-state index in [1.54, 1.807) is 6.92 Å². The fourth-order valence-electron chi connectivity index (χ4n) is 1.72. The molecule has 0 fully saturated rings. The molecular weight excluding hydrogens is 276 g/mol. The number of esters is 1. The average molecular weight is 296 g/mol. The van der Waals surface area contributed by atoms with E-state index in [9.17, 15) is 13.8 Å². The quantitative estimate of drug-likeness (QED) is 0.690. The van der Waals surface area contributed by atoms with E-state index in [1.807, 2.05) is 31.2 Å². The van der Waals surface area contributed by atoms with Gasteiger partial charge in [-0.25, -0.2) is 0 Å². The summed E-state index contributed by atoms with van der Waals surface area (Å²) in [5.41, 5.74) is 2.06. The van der Waals surface area contributed by atoms with Crippen LogP contribution in [0.15, 0.2) is 24.3 Å². The number of Topliss-reactive ketones (excluding diaryl/α,β-unsaturated/α-hetero) is 1. The third kappa shape index (κ3) is 6.10. The molecule has 0 radical (unpaired) electrons. The van der Waals surface area contributed by atoms with Gasteiger partial charge < -0.3 is 4.74 Å². The molecule has 4 nitrogen and oxygen atoms in total. The zero-order chi connectivity index (χ0) is 15.0. The third-order valence-corrected chi connectivity index (χ3v) is 4.09. The number of carbonyl (C=O) groups excluding carboxylic acids is 2. The maximum absolute atomic E-state index is 11.9. The molecule has 1 aromatic rings. The molecule has 1 aromatic carbocycles. The molecule has 0 saturated carbocycles. The minimum absolute atomic E-state index is 0.00621. The van der Waals surface area contributed by atoms with Crippen LogP contribution in [0.5, 0.6) is 0 Å². The average Bonchev–Trinajstić information content (AvgIpc) is 2.39. The zero-order valence-electron chi connectivity index (χ0n) is 11.9. The lowest BCUT2D eigenvalue weighted by Gasteiger charge is -2.05. The molecular formula is C15H20O4S. The Morgan fingerprint density at radius 3 is 2.55 bits per heavy atom. The van der Waals surface area contributed by atoms with Gasteiger partial charge in [0.15, 0.2) is 0 Å². The van der Waals surface area contributed by atoms with Crippen molar-refractivity contribution in [1.29, 1.82) is 0 Å². The second-order valence-corrected chi connectivity index (χ2v) is 5.96. The molecule has 0 bridgehead atoms. The van der Waals surface area contributed by atoms with Crippen LogP contribution < -0.4 is 0 Å². The standard InChI is InChI=1S/C15H20O4S/c1-3-19-15(17)9-8-14(16)11-20(18)10-13-7-5-4-6-12(13)2/h4-7H,3,8-11H2,1-2H3. The summed E-state index contributed by atoms with van der Waals surface area (Å²) in [7, 11) is -1.23. The molecule has 5 heteroatoms. The van der Waals surface area contributed by atoms with E-state index < -0.39 is 10.8 Å². The number of benzene rings is 1. The van der Waals surface area contributed by atoms with Crippen molar-refractivity contribution in [3.63, 3.8) is 0 Å². The minimum atomic E-state index is -1.23. The highest BCUT2D eigenvalue weighted by atomic mass is 32.2. The monoisotopic (exact) mass is 296 g/mol. The maximum Gasteiger partial charge on any atom is 0.306 e. The molecule has 0 aliphatic rings. The Balaban J connectivity index is 2.37. The topological polar surface area (TPSA) is 60.4 Å². The van der Waals surface area contributed by atoms with Gasteiger partial charge in [-0.05, 0) is 25.0 Å². The first-order valence-corrected chi connectivity index (χ1v) is 8.08. The van der Waals surface area contributed by atoms with E-state index in [2.05, 4.69) is 0 Å². The number of ether oxygens (including phenoxy) is 1. The summed E-state index contributed by atoms with van der Waals surface area (Å²) in [4.78, 5) is 22.8. The van der Waals surface area contributed by atoms with Crippen LogP contribution in [0, 0.1) is 6.92 Å². The number of ketones is 1. The van der Waals surface area contributed by atoms with Crippen molar-refractivity contribution in [3.05, 3.63) is 35.4 Å². The molecule has 0 spiro atoms. The number of hydrogen-bond acceptors (Lipinski definition) is 4. The molecule has 1 atom stereocenters. The van der Waals surface area contributed by atoms with E-state index in [0.29, 0.717) is 12.4 Å². The summed E-state index contributed by atoms with van der Waals surface area (Å²) in [6.45, 7) is 3.98. The van der Waals surface area contributed by atoms with Gasteiger partial charge in [0.1, 0.15) is 5.78 Å². The van der Waals surface area contributed by atoms with Crippen molar-refractivity contribution in [2.24, 2.45) is 0 Å². The SMILES string of the molecule is CCOC(=O)CCC(=O)CS(=O)Cc1ccccc1C. The highest BCUT2D eigenvalue weighted by Gasteiger charge is 2.12. The first-order chi connectivity index (χ1) is 9.52. The Morgan fingerprint density at radius 1 is 1.20 bits per heavy atom. The lowest BCUT2D eigenvalue weighted by Crippen LogP contribution is -2.14. The predicted octanol–water partition coefficient (Wildman–Crippen LogP) is 2.16. The molecule has 0 aliphatic heterocycles. The normalized spacial score (nSPS) is 11.9. The van der Waals surface area contributed by atoms with Crippen molar-refractivity contribution in [3.8, 4) is 0 Å². The second kappa shape index (κ2) is 8.64. The summed E-state index contributed by atoms with van der Waals surface area (Å²) >= 11 is 0. The largest absolute Gasteiger partial charge is 0.466 e. The number of carbonyl (C=O) groups is 2. The third-order valence-electron chi connectivity index (χ3n) is 2.81. The first kappa shape index (κ1) is 16.6. The lowest BCUT2D eigenvalue weighted by molar-refractivity contribution is -0.144. The van der Waals surface area contributed by atoms with Crippen LogP contribution in [0.25, 0.3) is 0 Å². The Bertz CT molecular complexity index is 496. The van der Waals surface area contributed by atoms with Gasteiger partial charge in [-0.1, -0.05) is 24.3 Å². The van der Waals surface area contributed by atoms with Crippen LogP contribution in [0.2, 0.25) is 0 Å². The number of hydrogen-bond donors (Lipinski definition) is 0. The lowest BCUT2D eigenvalue weighted by atomic mass is 10.1. The second-order valence-electron chi connectivity index (χ2n) is 4.50. The minimum Gasteiger partial charge on any atom is -0.466 e. The summed E-state index contributed by atoms with van der Waals surface area (Å²) in [5, 5.41) is 0. The van der Waals surface area contributed by atoms with Crippen LogP contribution in [0.3, 0.4) is 0 Å². The number of aryl methyl sites for hydroxylation is 1. The van der Waals surface area contributed by atoms with Gasteiger partial charge in [-0.2, -0.15) is 0 Å². The van der Waals surface area contributed by atoms with Crippen molar-refractivity contribution >= 4 is 22.6 Å². The van der Waals surface area contributed by atoms with E-state index >= 15 is 0 Å². The highest BCUT2D eigenvalue weighted by Crippen LogP contribution is 2.10. The molecule has 0 aromatic heterocycles. The van der Waals surface area contributed by atoms with Crippen molar-refractivity contribution in [2.75, 3.05) is 12.4 Å². The fraction of sp³-hybridized carbons (Fsp3) is 0.467. The molecule has 0 saturated heterocycles. The maximum atomic E-state index is 11.9. The van der Waals surface area contributed by atoms with Gasteiger partial charge >= 0.3 is 5.97 Å². The summed E-state index contributed by atoms with van der Waals surface area (Å²) in [6.07, 6.45) is 0.159. The molecule has 0 heterocycles.